The Kier molecular flexibility index (Phi) is 5.56. The van der Waals surface area contributed by atoms with Crippen LogP contribution >= 0.6 is 0 Å². The number of nitrogens with one attached hydrogen (secondary N) is 1. The van der Waals surface area contributed by atoms with Crippen LogP contribution in [0.15, 0.2) is 79.3 Å². The van der Waals surface area contributed by atoms with Gasteiger partial charge in [0.2, 0.25) is 5.91 Å². The lowest BCUT2D eigenvalue weighted by atomic mass is 10.1. The molecule has 0 radical (unpaired) electrons. The molecule has 0 unspecified atom stereocenters. The highest BCUT2D eigenvalue weighted by Crippen LogP contribution is 2.28. The molecule has 0 aliphatic rings. The second-order valence-corrected chi connectivity index (χ2v) is 6.93. The molecule has 1 N–H and O–H groups in total. The Bertz CT molecular complexity index is 1110. The third kappa shape index (κ3) is 4.46. The number of nitrogens with zero attached hydrogens (tertiary/aromatic N) is 2. The van der Waals surface area contributed by atoms with Crippen LogP contribution in [-0.2, 0) is 17.8 Å². The monoisotopic (exact) mass is 385 g/mol. The number of hydrogen-bond acceptors (Lipinski definition) is 3. The van der Waals surface area contributed by atoms with Crippen molar-refractivity contribution >= 4 is 22.5 Å². The molecule has 0 spiro atoms. The van der Waals surface area contributed by atoms with Crippen LogP contribution in [0, 0.1) is 0 Å². The van der Waals surface area contributed by atoms with E-state index in [2.05, 4.69) is 51.4 Å². The van der Waals surface area contributed by atoms with Gasteiger partial charge >= 0.3 is 0 Å². The first-order chi connectivity index (χ1) is 14.2. The quantitative estimate of drug-likeness (QED) is 0.503. The number of benzene rings is 2. The highest BCUT2D eigenvalue weighted by atomic mass is 16.5. The predicted octanol–water partition coefficient (Wildman–Crippen LogP) is 4.66. The molecule has 1 amide bonds. The molecule has 5 nitrogen and oxygen atoms in total. The van der Waals surface area contributed by atoms with E-state index < -0.39 is 0 Å². The standard InChI is InChI=1S/C24H23N3O2/c1-29-21-8-9-23-22(15-21)19(17-27(23)16-18-5-3-2-4-6-18)7-10-24(28)26-20-11-13-25-14-12-20/h2-6,8-9,11-15,17H,7,10,16H2,1H3,(H,25,26,28). The minimum absolute atomic E-state index is 0.0111. The summed E-state index contributed by atoms with van der Waals surface area (Å²) in [4.78, 5) is 16.3. The van der Waals surface area contributed by atoms with Crippen LogP contribution in [0.5, 0.6) is 5.75 Å². The molecule has 0 bridgehead atoms. The van der Waals surface area contributed by atoms with Crippen LogP contribution < -0.4 is 10.1 Å². The maximum Gasteiger partial charge on any atom is 0.224 e. The molecular weight excluding hydrogens is 362 g/mol. The normalized spacial score (nSPS) is 10.8. The number of fused-ring (bicyclic) bond motifs is 1. The molecule has 0 saturated heterocycles. The van der Waals surface area contributed by atoms with Gasteiger partial charge in [-0.25, -0.2) is 0 Å². The van der Waals surface area contributed by atoms with E-state index in [0.29, 0.717) is 12.8 Å². The second-order valence-electron chi connectivity index (χ2n) is 6.93. The first-order valence-corrected chi connectivity index (χ1v) is 9.62. The van der Waals surface area contributed by atoms with Crippen LogP contribution in [0.4, 0.5) is 5.69 Å². The smallest absolute Gasteiger partial charge is 0.224 e. The van der Waals surface area contributed by atoms with E-state index in [-0.39, 0.29) is 5.91 Å². The number of amides is 1. The van der Waals surface area contributed by atoms with Gasteiger partial charge in [-0.15, -0.1) is 0 Å². The van der Waals surface area contributed by atoms with Crippen molar-refractivity contribution in [3.8, 4) is 5.75 Å². The maximum atomic E-state index is 12.4. The zero-order chi connectivity index (χ0) is 20.1. The first-order valence-electron chi connectivity index (χ1n) is 9.62. The van der Waals surface area contributed by atoms with Crippen molar-refractivity contribution in [1.82, 2.24) is 9.55 Å². The number of rotatable bonds is 7. The molecule has 0 atom stereocenters. The van der Waals surface area contributed by atoms with Crippen LogP contribution in [0.25, 0.3) is 10.9 Å². The number of aromatic nitrogens is 2. The van der Waals surface area contributed by atoms with E-state index in [1.807, 2.05) is 18.2 Å². The van der Waals surface area contributed by atoms with Crippen LogP contribution in [0.3, 0.4) is 0 Å². The molecular formula is C24H23N3O2. The van der Waals surface area contributed by atoms with Gasteiger partial charge in [-0.3, -0.25) is 9.78 Å². The number of carbonyl (C=O) groups is 1. The van der Waals surface area contributed by atoms with E-state index in [0.717, 1.165) is 34.4 Å². The van der Waals surface area contributed by atoms with Gasteiger partial charge in [-0.05, 0) is 47.9 Å². The average molecular weight is 385 g/mol. The highest BCUT2D eigenvalue weighted by Gasteiger charge is 2.12. The maximum absolute atomic E-state index is 12.4. The topological polar surface area (TPSA) is 56.1 Å². The fourth-order valence-corrected chi connectivity index (χ4v) is 3.49. The molecule has 5 heteroatoms. The minimum atomic E-state index is -0.0111. The number of carbonyl (C=O) groups excluding carboxylic acids is 1. The summed E-state index contributed by atoms with van der Waals surface area (Å²) in [6.07, 6.45) is 6.54. The van der Waals surface area contributed by atoms with Gasteiger partial charge < -0.3 is 14.6 Å². The van der Waals surface area contributed by atoms with E-state index in [1.54, 1.807) is 31.6 Å². The molecule has 146 valence electrons. The van der Waals surface area contributed by atoms with E-state index >= 15 is 0 Å². The van der Waals surface area contributed by atoms with Crippen molar-refractivity contribution in [1.29, 1.82) is 0 Å². The molecule has 2 aromatic carbocycles. The Labute approximate surface area is 170 Å². The van der Waals surface area contributed by atoms with Crippen molar-refractivity contribution in [2.75, 3.05) is 12.4 Å². The largest absolute Gasteiger partial charge is 0.497 e. The number of aryl methyl sites for hydroxylation is 1. The highest BCUT2D eigenvalue weighted by molar-refractivity contribution is 5.91. The summed E-state index contributed by atoms with van der Waals surface area (Å²) in [7, 11) is 1.67. The number of methoxy groups -OCH3 is 1. The molecule has 0 fully saturated rings. The fourth-order valence-electron chi connectivity index (χ4n) is 3.49. The van der Waals surface area contributed by atoms with Gasteiger partial charge in [-0.2, -0.15) is 0 Å². The van der Waals surface area contributed by atoms with Crippen molar-refractivity contribution in [3.63, 3.8) is 0 Å². The third-order valence-corrected chi connectivity index (χ3v) is 4.95. The lowest BCUT2D eigenvalue weighted by Gasteiger charge is -2.06. The Morgan fingerprint density at radius 1 is 1.07 bits per heavy atom. The molecule has 0 aliphatic carbocycles. The lowest BCUT2D eigenvalue weighted by Crippen LogP contribution is -2.12. The summed E-state index contributed by atoms with van der Waals surface area (Å²) in [5.41, 5.74) is 4.28. The van der Waals surface area contributed by atoms with Crippen molar-refractivity contribution < 1.29 is 9.53 Å². The van der Waals surface area contributed by atoms with E-state index in [4.69, 9.17) is 4.74 Å². The van der Waals surface area contributed by atoms with Crippen LogP contribution in [-0.4, -0.2) is 22.6 Å². The Hall–Kier alpha value is -3.60. The van der Waals surface area contributed by atoms with Gasteiger partial charge in [0.25, 0.3) is 0 Å². The van der Waals surface area contributed by atoms with E-state index in [1.165, 1.54) is 5.56 Å². The summed E-state index contributed by atoms with van der Waals surface area (Å²) in [5, 5.41) is 4.04. The number of hydrogen-bond donors (Lipinski definition) is 1. The molecule has 2 aromatic heterocycles. The lowest BCUT2D eigenvalue weighted by molar-refractivity contribution is -0.116. The van der Waals surface area contributed by atoms with Crippen molar-refractivity contribution in [2.45, 2.75) is 19.4 Å². The van der Waals surface area contributed by atoms with Crippen molar-refractivity contribution in [2.24, 2.45) is 0 Å². The second kappa shape index (κ2) is 8.61. The SMILES string of the molecule is COc1ccc2c(c1)c(CCC(=O)Nc1ccncc1)cn2Cc1ccccc1. The summed E-state index contributed by atoms with van der Waals surface area (Å²) in [6.45, 7) is 0.785. The molecule has 0 saturated carbocycles. The van der Waals surface area contributed by atoms with Gasteiger partial charge in [0.15, 0.2) is 0 Å². The Balaban J connectivity index is 1.56. The summed E-state index contributed by atoms with van der Waals surface area (Å²) in [6, 6.07) is 20.0. The first kappa shape index (κ1) is 18.7. The minimum Gasteiger partial charge on any atom is -0.497 e. The Morgan fingerprint density at radius 3 is 2.62 bits per heavy atom. The molecule has 2 heterocycles. The van der Waals surface area contributed by atoms with Crippen molar-refractivity contribution in [3.05, 3.63) is 90.4 Å². The summed E-state index contributed by atoms with van der Waals surface area (Å²) in [5.74, 6) is 0.806. The van der Waals surface area contributed by atoms with E-state index in [9.17, 15) is 4.79 Å². The van der Waals surface area contributed by atoms with Gasteiger partial charge in [0.05, 0.1) is 7.11 Å². The number of pyridine rings is 1. The molecule has 29 heavy (non-hydrogen) atoms. The van der Waals surface area contributed by atoms with Gasteiger partial charge in [-0.1, -0.05) is 30.3 Å². The zero-order valence-corrected chi connectivity index (χ0v) is 16.3. The Morgan fingerprint density at radius 2 is 1.86 bits per heavy atom. The van der Waals surface area contributed by atoms with Gasteiger partial charge in [0.1, 0.15) is 5.75 Å². The number of ether oxygens (including phenoxy) is 1. The summed E-state index contributed by atoms with van der Waals surface area (Å²) >= 11 is 0. The third-order valence-electron chi connectivity index (χ3n) is 4.95. The fraction of sp³-hybridized carbons (Fsp3) is 0.167. The zero-order valence-electron chi connectivity index (χ0n) is 16.3. The van der Waals surface area contributed by atoms with Crippen LogP contribution in [0.2, 0.25) is 0 Å². The predicted molar refractivity (Wildman–Crippen MR) is 115 cm³/mol. The van der Waals surface area contributed by atoms with Gasteiger partial charge in [0, 0.05) is 48.1 Å². The summed E-state index contributed by atoms with van der Waals surface area (Å²) < 4.78 is 7.65. The molecule has 4 aromatic rings. The average Bonchev–Trinajstić information content (AvgIpc) is 3.10. The molecule has 4 rings (SSSR count). The molecule has 0 aliphatic heterocycles. The number of anilines is 1. The van der Waals surface area contributed by atoms with Crippen LogP contribution in [0.1, 0.15) is 17.5 Å².